The zero-order chi connectivity index (χ0) is 18.5. The van der Waals surface area contributed by atoms with Crippen molar-refractivity contribution in [3.05, 3.63) is 60.7 Å². The molecule has 0 radical (unpaired) electrons. The van der Waals surface area contributed by atoms with Gasteiger partial charge < -0.3 is 14.4 Å². The van der Waals surface area contributed by atoms with Crippen molar-refractivity contribution < 1.29 is 14.4 Å². The van der Waals surface area contributed by atoms with Gasteiger partial charge in [-0.25, -0.2) is 0 Å². The maximum Gasteiger partial charge on any atom is 0.495 e. The summed E-state index contributed by atoms with van der Waals surface area (Å²) in [5.41, 5.74) is 2.50. The molecule has 3 aromatic rings. The van der Waals surface area contributed by atoms with Gasteiger partial charge in [-0.2, -0.15) is 0 Å². The van der Waals surface area contributed by atoms with E-state index in [9.17, 15) is 5.11 Å². The van der Waals surface area contributed by atoms with Crippen molar-refractivity contribution in [3.63, 3.8) is 0 Å². The second-order valence-corrected chi connectivity index (χ2v) is 7.88. The molecule has 1 aliphatic rings. The van der Waals surface area contributed by atoms with Gasteiger partial charge in [0.25, 0.3) is 0 Å². The third-order valence-corrected chi connectivity index (χ3v) is 5.64. The van der Waals surface area contributed by atoms with Crippen LogP contribution in [0.3, 0.4) is 0 Å². The molecule has 1 aliphatic heterocycles. The molecule has 1 saturated heterocycles. The summed E-state index contributed by atoms with van der Waals surface area (Å²) in [6, 6.07) is 19.8. The van der Waals surface area contributed by atoms with Gasteiger partial charge in [0.05, 0.1) is 11.2 Å². The number of rotatable bonds is 2. The molecule has 4 rings (SSSR count). The Morgan fingerprint density at radius 3 is 1.92 bits per heavy atom. The molecule has 0 aliphatic carbocycles. The Balaban J connectivity index is 1.84. The van der Waals surface area contributed by atoms with Crippen LogP contribution in [0.4, 0.5) is 0 Å². The van der Waals surface area contributed by atoms with Gasteiger partial charge >= 0.3 is 7.12 Å². The summed E-state index contributed by atoms with van der Waals surface area (Å²) in [6.45, 7) is 8.28. The molecule has 3 nitrogen and oxygen atoms in total. The molecule has 3 aromatic carbocycles. The highest BCUT2D eigenvalue weighted by Gasteiger charge is 2.52. The number of aromatic hydroxyl groups is 1. The van der Waals surface area contributed by atoms with Crippen molar-refractivity contribution in [1.29, 1.82) is 0 Å². The number of phenolic OH excluding ortho intramolecular Hbond substituents is 1. The summed E-state index contributed by atoms with van der Waals surface area (Å²) in [6.07, 6.45) is 0. The fourth-order valence-electron chi connectivity index (χ4n) is 3.39. The Hall–Kier alpha value is -2.30. The molecule has 0 amide bonds. The lowest BCUT2D eigenvalue weighted by Gasteiger charge is -2.32. The zero-order valence-corrected chi connectivity index (χ0v) is 15.6. The van der Waals surface area contributed by atoms with E-state index < -0.39 is 7.12 Å². The van der Waals surface area contributed by atoms with Crippen LogP contribution in [0.5, 0.6) is 5.75 Å². The molecule has 0 saturated carbocycles. The van der Waals surface area contributed by atoms with E-state index in [-0.39, 0.29) is 17.0 Å². The fraction of sp³-hybridized carbons (Fsp3) is 0.273. The zero-order valence-electron chi connectivity index (χ0n) is 15.6. The van der Waals surface area contributed by atoms with Gasteiger partial charge in [-0.15, -0.1) is 0 Å². The molecular formula is C22H23BO3. The first kappa shape index (κ1) is 17.1. The minimum absolute atomic E-state index is 0.270. The maximum absolute atomic E-state index is 9.57. The Morgan fingerprint density at radius 1 is 0.731 bits per heavy atom. The van der Waals surface area contributed by atoms with Crippen molar-refractivity contribution in [1.82, 2.24) is 0 Å². The number of hydrogen-bond donors (Lipinski definition) is 1. The van der Waals surface area contributed by atoms with Crippen molar-refractivity contribution in [2.45, 2.75) is 38.9 Å². The molecule has 0 atom stereocenters. The molecule has 26 heavy (non-hydrogen) atoms. The van der Waals surface area contributed by atoms with Gasteiger partial charge in [0.15, 0.2) is 0 Å². The smallest absolute Gasteiger partial charge is 0.495 e. The third kappa shape index (κ3) is 2.70. The second-order valence-electron chi connectivity index (χ2n) is 7.88. The second kappa shape index (κ2) is 5.87. The highest BCUT2D eigenvalue weighted by molar-refractivity contribution is 6.65. The van der Waals surface area contributed by atoms with Crippen LogP contribution < -0.4 is 5.46 Å². The predicted molar refractivity (Wildman–Crippen MR) is 107 cm³/mol. The van der Waals surface area contributed by atoms with Gasteiger partial charge in [-0.3, -0.25) is 0 Å². The van der Waals surface area contributed by atoms with Crippen LogP contribution in [0.2, 0.25) is 0 Å². The standard InChI is InChI=1S/C22H23BO3/c1-21(2)22(3,4)26-23(25-21)20-14-13-17(15-9-11-16(24)12-10-15)18-7-5-6-8-19(18)20/h5-14,24H,1-4H3. The van der Waals surface area contributed by atoms with Gasteiger partial charge in [0, 0.05) is 0 Å². The van der Waals surface area contributed by atoms with E-state index in [1.165, 1.54) is 0 Å². The van der Waals surface area contributed by atoms with Crippen LogP contribution in [0, 0.1) is 0 Å². The molecule has 0 aromatic heterocycles. The maximum atomic E-state index is 9.57. The first-order valence-corrected chi connectivity index (χ1v) is 8.95. The van der Waals surface area contributed by atoms with Crippen molar-refractivity contribution >= 4 is 23.4 Å². The Morgan fingerprint density at radius 2 is 1.31 bits per heavy atom. The van der Waals surface area contributed by atoms with E-state index in [0.29, 0.717) is 0 Å². The van der Waals surface area contributed by atoms with Crippen LogP contribution in [-0.2, 0) is 9.31 Å². The predicted octanol–water partition coefficient (Wildman–Crippen LogP) is 4.51. The number of fused-ring (bicyclic) bond motifs is 1. The summed E-state index contributed by atoms with van der Waals surface area (Å²) in [7, 11) is -0.390. The van der Waals surface area contributed by atoms with E-state index in [4.69, 9.17) is 9.31 Å². The first-order chi connectivity index (χ1) is 12.3. The first-order valence-electron chi connectivity index (χ1n) is 8.95. The quantitative estimate of drug-likeness (QED) is 0.694. The molecule has 1 fully saturated rings. The molecule has 1 heterocycles. The number of phenols is 1. The van der Waals surface area contributed by atoms with Crippen LogP contribution in [0.15, 0.2) is 60.7 Å². The summed E-state index contributed by atoms with van der Waals surface area (Å²) in [5.74, 6) is 0.270. The van der Waals surface area contributed by atoms with Crippen LogP contribution in [0.25, 0.3) is 21.9 Å². The number of hydrogen-bond acceptors (Lipinski definition) is 3. The topological polar surface area (TPSA) is 38.7 Å². The lowest BCUT2D eigenvalue weighted by atomic mass is 9.75. The lowest BCUT2D eigenvalue weighted by molar-refractivity contribution is 0.00578. The molecule has 132 valence electrons. The van der Waals surface area contributed by atoms with Crippen molar-refractivity contribution in [2.24, 2.45) is 0 Å². The van der Waals surface area contributed by atoms with E-state index in [0.717, 1.165) is 27.4 Å². The third-order valence-electron chi connectivity index (χ3n) is 5.64. The summed E-state index contributed by atoms with van der Waals surface area (Å²) < 4.78 is 12.5. The minimum Gasteiger partial charge on any atom is -0.508 e. The average Bonchev–Trinajstić information content (AvgIpc) is 2.82. The van der Waals surface area contributed by atoms with Crippen LogP contribution in [-0.4, -0.2) is 23.4 Å². The Labute approximate surface area is 154 Å². The van der Waals surface area contributed by atoms with E-state index in [2.05, 4.69) is 52.0 Å². The van der Waals surface area contributed by atoms with Gasteiger partial charge in [0.1, 0.15) is 5.75 Å². The summed E-state index contributed by atoms with van der Waals surface area (Å²) in [4.78, 5) is 0. The van der Waals surface area contributed by atoms with E-state index in [1.807, 2.05) is 24.3 Å². The molecule has 0 bridgehead atoms. The normalized spacial score (nSPS) is 18.4. The van der Waals surface area contributed by atoms with E-state index in [1.54, 1.807) is 12.1 Å². The van der Waals surface area contributed by atoms with Crippen LogP contribution >= 0.6 is 0 Å². The highest BCUT2D eigenvalue weighted by atomic mass is 16.7. The van der Waals surface area contributed by atoms with Crippen molar-refractivity contribution in [3.8, 4) is 16.9 Å². The van der Waals surface area contributed by atoms with Crippen molar-refractivity contribution in [2.75, 3.05) is 0 Å². The molecule has 0 unspecified atom stereocenters. The lowest BCUT2D eigenvalue weighted by Crippen LogP contribution is -2.41. The molecule has 4 heteroatoms. The molecule has 0 spiro atoms. The highest BCUT2D eigenvalue weighted by Crippen LogP contribution is 2.38. The SMILES string of the molecule is CC1(C)OB(c2ccc(-c3ccc(O)cc3)c3ccccc23)OC1(C)C. The van der Waals surface area contributed by atoms with E-state index >= 15 is 0 Å². The molecular weight excluding hydrogens is 323 g/mol. The summed E-state index contributed by atoms with van der Waals surface area (Å²) in [5, 5.41) is 11.8. The van der Waals surface area contributed by atoms with Crippen LogP contribution in [0.1, 0.15) is 27.7 Å². The average molecular weight is 346 g/mol. The van der Waals surface area contributed by atoms with Gasteiger partial charge in [0.2, 0.25) is 0 Å². The van der Waals surface area contributed by atoms with Gasteiger partial charge in [-0.05, 0) is 67.2 Å². The summed E-state index contributed by atoms with van der Waals surface area (Å²) >= 11 is 0. The van der Waals surface area contributed by atoms with Gasteiger partial charge in [-0.1, -0.05) is 48.5 Å². The number of benzene rings is 3. The molecule has 1 N–H and O–H groups in total. The minimum atomic E-state index is -0.390. The fourth-order valence-corrected chi connectivity index (χ4v) is 3.39. The Bertz CT molecular complexity index is 945. The Kier molecular flexibility index (Phi) is 3.87. The largest absolute Gasteiger partial charge is 0.508 e. The monoisotopic (exact) mass is 346 g/mol.